The molecular formula is C18H23N3O2S2. The first-order valence-electron chi connectivity index (χ1n) is 8.49. The van der Waals surface area contributed by atoms with Gasteiger partial charge in [-0.05, 0) is 49.9 Å². The van der Waals surface area contributed by atoms with Gasteiger partial charge in [0.1, 0.15) is 0 Å². The molecule has 1 aliphatic heterocycles. The van der Waals surface area contributed by atoms with Crippen molar-refractivity contribution >= 4 is 27.5 Å². The topological polar surface area (TPSA) is 64.4 Å². The molecule has 2 aliphatic rings. The summed E-state index contributed by atoms with van der Waals surface area (Å²) >= 11 is 1.57. The summed E-state index contributed by atoms with van der Waals surface area (Å²) in [7, 11) is -3.34. The summed E-state index contributed by atoms with van der Waals surface area (Å²) in [6.45, 7) is 2.77. The summed E-state index contributed by atoms with van der Waals surface area (Å²) in [6, 6.07) is 9.56. The number of nitrogens with zero attached hydrogens (tertiary/aromatic N) is 3. The molecule has 0 saturated heterocycles. The van der Waals surface area contributed by atoms with Crippen LogP contribution in [0.3, 0.4) is 0 Å². The van der Waals surface area contributed by atoms with Crippen molar-refractivity contribution in [2.24, 2.45) is 5.92 Å². The zero-order chi connectivity index (χ0) is 18.0. The van der Waals surface area contributed by atoms with Gasteiger partial charge in [-0.25, -0.2) is 12.7 Å². The summed E-state index contributed by atoms with van der Waals surface area (Å²) in [5.41, 5.74) is 1.27. The highest BCUT2D eigenvalue weighted by molar-refractivity contribution is 8.04. The van der Waals surface area contributed by atoms with Gasteiger partial charge >= 0.3 is 0 Å². The lowest BCUT2D eigenvalue weighted by Crippen LogP contribution is -2.46. The Morgan fingerprint density at radius 2 is 1.92 bits per heavy atom. The number of hydrogen-bond acceptors (Lipinski definition) is 5. The third kappa shape index (κ3) is 4.13. The van der Waals surface area contributed by atoms with E-state index in [0.717, 1.165) is 17.1 Å². The van der Waals surface area contributed by atoms with E-state index < -0.39 is 10.0 Å². The van der Waals surface area contributed by atoms with E-state index in [0.29, 0.717) is 11.5 Å². The number of benzene rings is 1. The minimum atomic E-state index is -3.34. The normalized spacial score (nSPS) is 21.2. The second-order valence-corrected chi connectivity index (χ2v) is 9.93. The summed E-state index contributed by atoms with van der Waals surface area (Å²) in [5.74, 6) is 0.582. The standard InChI is InChI=1S/C18H23N3O2S2/c1-14-12-21(25(2,22)23)18(24-14)20(13-16-5-3-4-6-16)17-9-7-15(11-19)8-10-17/h7-10,12,16,18H,3-6,13H2,1-2H3. The van der Waals surface area contributed by atoms with E-state index in [9.17, 15) is 8.42 Å². The van der Waals surface area contributed by atoms with Gasteiger partial charge < -0.3 is 4.90 Å². The van der Waals surface area contributed by atoms with Gasteiger partial charge in [0, 0.05) is 23.3 Å². The van der Waals surface area contributed by atoms with E-state index in [-0.39, 0.29) is 5.50 Å². The highest BCUT2D eigenvalue weighted by Gasteiger charge is 2.36. The van der Waals surface area contributed by atoms with Crippen LogP contribution in [0.2, 0.25) is 0 Å². The number of anilines is 1. The van der Waals surface area contributed by atoms with Crippen molar-refractivity contribution in [1.82, 2.24) is 4.31 Å². The number of allylic oxidation sites excluding steroid dienone is 1. The summed E-state index contributed by atoms with van der Waals surface area (Å²) in [5, 5.41) is 9.03. The second kappa shape index (κ2) is 7.30. The van der Waals surface area contributed by atoms with E-state index >= 15 is 0 Å². The molecule has 1 heterocycles. The molecule has 0 bridgehead atoms. The average Bonchev–Trinajstić information content (AvgIpc) is 3.21. The number of nitriles is 1. The van der Waals surface area contributed by atoms with Crippen molar-refractivity contribution in [3.05, 3.63) is 40.9 Å². The molecule has 1 unspecified atom stereocenters. The minimum absolute atomic E-state index is 0.302. The zero-order valence-corrected chi connectivity index (χ0v) is 16.2. The lowest BCUT2D eigenvalue weighted by Gasteiger charge is -2.37. The molecule has 0 radical (unpaired) electrons. The molecule has 0 amide bonds. The maximum atomic E-state index is 12.3. The Bertz CT molecular complexity index is 791. The smallest absolute Gasteiger partial charge is 0.234 e. The molecule has 1 saturated carbocycles. The highest BCUT2D eigenvalue weighted by Crippen LogP contribution is 2.40. The molecule has 1 aliphatic carbocycles. The van der Waals surface area contributed by atoms with Gasteiger partial charge in [0.15, 0.2) is 5.50 Å². The number of sulfonamides is 1. The lowest BCUT2D eigenvalue weighted by molar-refractivity contribution is 0.444. The van der Waals surface area contributed by atoms with E-state index in [4.69, 9.17) is 5.26 Å². The predicted octanol–water partition coefficient (Wildman–Crippen LogP) is 3.71. The molecule has 0 aromatic heterocycles. The largest absolute Gasteiger partial charge is 0.341 e. The fraction of sp³-hybridized carbons (Fsp3) is 0.500. The molecule has 0 N–H and O–H groups in total. The number of thioether (sulfide) groups is 1. The Balaban J connectivity index is 1.93. The van der Waals surface area contributed by atoms with Crippen molar-refractivity contribution < 1.29 is 8.42 Å². The second-order valence-electron chi connectivity index (χ2n) is 6.74. The third-order valence-electron chi connectivity index (χ3n) is 4.73. The molecule has 1 atom stereocenters. The third-order valence-corrected chi connectivity index (χ3v) is 7.10. The Morgan fingerprint density at radius 3 is 2.48 bits per heavy atom. The average molecular weight is 378 g/mol. The van der Waals surface area contributed by atoms with Crippen LogP contribution >= 0.6 is 11.8 Å². The molecule has 3 rings (SSSR count). The Hall–Kier alpha value is -1.65. The van der Waals surface area contributed by atoms with Crippen molar-refractivity contribution in [2.75, 3.05) is 17.7 Å². The van der Waals surface area contributed by atoms with Gasteiger partial charge in [-0.3, -0.25) is 0 Å². The molecule has 7 heteroatoms. The van der Waals surface area contributed by atoms with Crippen LogP contribution in [0, 0.1) is 17.2 Å². The Kier molecular flexibility index (Phi) is 5.30. The van der Waals surface area contributed by atoms with Crippen molar-refractivity contribution in [2.45, 2.75) is 38.1 Å². The van der Waals surface area contributed by atoms with Crippen LogP contribution in [-0.4, -0.2) is 31.0 Å². The highest BCUT2D eigenvalue weighted by atomic mass is 32.2. The molecule has 1 fully saturated rings. The van der Waals surface area contributed by atoms with Crippen LogP contribution in [-0.2, 0) is 10.0 Å². The molecule has 25 heavy (non-hydrogen) atoms. The number of hydrogen-bond donors (Lipinski definition) is 0. The molecule has 1 aromatic rings. The van der Waals surface area contributed by atoms with Crippen LogP contribution in [0.4, 0.5) is 5.69 Å². The fourth-order valence-electron chi connectivity index (χ4n) is 3.47. The summed E-state index contributed by atoms with van der Waals surface area (Å²) in [4.78, 5) is 3.16. The molecular weight excluding hydrogens is 354 g/mol. The zero-order valence-electron chi connectivity index (χ0n) is 14.6. The number of rotatable bonds is 5. The van der Waals surface area contributed by atoms with Gasteiger partial charge in [0.2, 0.25) is 10.0 Å². The fourth-order valence-corrected chi connectivity index (χ4v) is 5.94. The van der Waals surface area contributed by atoms with Crippen molar-refractivity contribution in [3.8, 4) is 6.07 Å². The molecule has 1 aromatic carbocycles. The Morgan fingerprint density at radius 1 is 1.28 bits per heavy atom. The van der Waals surface area contributed by atoms with E-state index in [1.807, 2.05) is 19.1 Å². The SMILES string of the molecule is CC1=CN(S(C)(=O)=O)C(N(CC2CCCC2)c2ccc(C#N)cc2)S1. The summed E-state index contributed by atoms with van der Waals surface area (Å²) < 4.78 is 26.0. The maximum Gasteiger partial charge on any atom is 0.234 e. The molecule has 0 spiro atoms. The van der Waals surface area contributed by atoms with E-state index in [1.54, 1.807) is 30.1 Å². The first-order chi connectivity index (χ1) is 11.9. The monoisotopic (exact) mass is 377 g/mol. The van der Waals surface area contributed by atoms with E-state index in [1.165, 1.54) is 36.2 Å². The van der Waals surface area contributed by atoms with Gasteiger partial charge in [0.05, 0.1) is 17.9 Å². The van der Waals surface area contributed by atoms with Gasteiger partial charge in [0.25, 0.3) is 0 Å². The van der Waals surface area contributed by atoms with Crippen molar-refractivity contribution in [1.29, 1.82) is 5.26 Å². The first kappa shape index (κ1) is 18.2. The van der Waals surface area contributed by atoms with Crippen LogP contribution in [0.5, 0.6) is 0 Å². The molecule has 5 nitrogen and oxygen atoms in total. The predicted molar refractivity (Wildman–Crippen MR) is 102 cm³/mol. The molecule has 134 valence electrons. The quantitative estimate of drug-likeness (QED) is 0.783. The van der Waals surface area contributed by atoms with Crippen LogP contribution in [0.25, 0.3) is 0 Å². The van der Waals surface area contributed by atoms with E-state index in [2.05, 4.69) is 11.0 Å². The Labute approximate surface area is 154 Å². The van der Waals surface area contributed by atoms with Crippen LogP contribution < -0.4 is 4.90 Å². The summed E-state index contributed by atoms with van der Waals surface area (Å²) in [6.07, 6.45) is 7.84. The maximum absolute atomic E-state index is 12.3. The van der Waals surface area contributed by atoms with Gasteiger partial charge in [-0.15, -0.1) is 0 Å². The first-order valence-corrected chi connectivity index (χ1v) is 11.2. The minimum Gasteiger partial charge on any atom is -0.341 e. The lowest BCUT2D eigenvalue weighted by atomic mass is 10.1. The van der Waals surface area contributed by atoms with Crippen molar-refractivity contribution in [3.63, 3.8) is 0 Å². The van der Waals surface area contributed by atoms with Crippen LogP contribution in [0.1, 0.15) is 38.2 Å². The van der Waals surface area contributed by atoms with Crippen LogP contribution in [0.15, 0.2) is 35.4 Å². The van der Waals surface area contributed by atoms with Gasteiger partial charge in [-0.1, -0.05) is 24.6 Å². The van der Waals surface area contributed by atoms with Gasteiger partial charge in [-0.2, -0.15) is 5.26 Å².